The van der Waals surface area contributed by atoms with Crippen molar-refractivity contribution in [1.29, 1.82) is 0 Å². The van der Waals surface area contributed by atoms with Gasteiger partial charge in [-0.25, -0.2) is 4.98 Å². The molecule has 0 unspecified atom stereocenters. The molecule has 78 valence electrons. The molecule has 0 radical (unpaired) electrons. The molecule has 3 nitrogen and oxygen atoms in total. The summed E-state index contributed by atoms with van der Waals surface area (Å²) in [5.41, 5.74) is 2.77. The minimum Gasteiger partial charge on any atom is -0.383 e. The van der Waals surface area contributed by atoms with Crippen LogP contribution in [-0.2, 0) is 24.1 Å². The van der Waals surface area contributed by atoms with Gasteiger partial charge < -0.3 is 9.30 Å². The molecule has 1 aromatic rings. The lowest BCUT2D eigenvalue weighted by Gasteiger charge is -2.14. The number of aryl methyl sites for hydroxylation is 2. The van der Waals surface area contributed by atoms with E-state index in [4.69, 9.17) is 4.74 Å². The first kappa shape index (κ1) is 9.71. The molecule has 0 fully saturated rings. The van der Waals surface area contributed by atoms with E-state index in [0.717, 1.165) is 25.4 Å². The number of fused-ring (bicyclic) bond motifs is 1. The highest BCUT2D eigenvalue weighted by Gasteiger charge is 2.17. The van der Waals surface area contributed by atoms with Crippen molar-refractivity contribution in [3.05, 3.63) is 17.2 Å². The fourth-order valence-electron chi connectivity index (χ4n) is 2.21. The maximum absolute atomic E-state index is 5.11. The molecule has 2 rings (SSSR count). The van der Waals surface area contributed by atoms with Crippen molar-refractivity contribution in [2.75, 3.05) is 13.7 Å². The first-order valence-corrected chi connectivity index (χ1v) is 5.36. The monoisotopic (exact) mass is 194 g/mol. The van der Waals surface area contributed by atoms with Gasteiger partial charge in [-0.2, -0.15) is 0 Å². The Balaban J connectivity index is 2.24. The van der Waals surface area contributed by atoms with Crippen LogP contribution in [0.1, 0.15) is 30.1 Å². The van der Waals surface area contributed by atoms with Crippen molar-refractivity contribution in [3.63, 3.8) is 0 Å². The third kappa shape index (κ3) is 1.69. The molecule has 0 saturated heterocycles. The molecule has 3 heteroatoms. The van der Waals surface area contributed by atoms with Gasteiger partial charge in [-0.15, -0.1) is 0 Å². The zero-order valence-electron chi connectivity index (χ0n) is 9.05. The van der Waals surface area contributed by atoms with Gasteiger partial charge in [0, 0.05) is 19.3 Å². The van der Waals surface area contributed by atoms with E-state index in [1.807, 2.05) is 0 Å². The quantitative estimate of drug-likeness (QED) is 0.732. The lowest BCUT2D eigenvalue weighted by atomic mass is 10.0. The lowest BCUT2D eigenvalue weighted by molar-refractivity contribution is 0.185. The van der Waals surface area contributed by atoms with Gasteiger partial charge in [-0.1, -0.05) is 0 Å². The maximum Gasteiger partial charge on any atom is 0.106 e. The SMILES string of the molecule is COCCn1c(C)nc2c1CCCC2. The van der Waals surface area contributed by atoms with Gasteiger partial charge in [0.25, 0.3) is 0 Å². The summed E-state index contributed by atoms with van der Waals surface area (Å²) in [4.78, 5) is 4.61. The summed E-state index contributed by atoms with van der Waals surface area (Å²) in [7, 11) is 1.75. The summed E-state index contributed by atoms with van der Waals surface area (Å²) in [6, 6.07) is 0. The molecule has 0 saturated carbocycles. The molecular weight excluding hydrogens is 176 g/mol. The molecule has 1 aromatic heterocycles. The van der Waals surface area contributed by atoms with Crippen LogP contribution in [0.5, 0.6) is 0 Å². The summed E-state index contributed by atoms with van der Waals surface area (Å²) in [5, 5.41) is 0. The van der Waals surface area contributed by atoms with Crippen LogP contribution in [-0.4, -0.2) is 23.3 Å². The van der Waals surface area contributed by atoms with Crippen molar-refractivity contribution >= 4 is 0 Å². The minimum atomic E-state index is 0.781. The smallest absolute Gasteiger partial charge is 0.106 e. The minimum absolute atomic E-state index is 0.781. The van der Waals surface area contributed by atoms with Crippen LogP contribution in [0.25, 0.3) is 0 Å². The lowest BCUT2D eigenvalue weighted by Crippen LogP contribution is -2.12. The van der Waals surface area contributed by atoms with Crippen molar-refractivity contribution < 1.29 is 4.74 Å². The summed E-state index contributed by atoms with van der Waals surface area (Å²) < 4.78 is 7.43. The van der Waals surface area contributed by atoms with Gasteiger partial charge >= 0.3 is 0 Å². The van der Waals surface area contributed by atoms with Crippen molar-refractivity contribution in [1.82, 2.24) is 9.55 Å². The fraction of sp³-hybridized carbons (Fsp3) is 0.727. The zero-order valence-corrected chi connectivity index (χ0v) is 9.05. The number of ether oxygens (including phenoxy) is 1. The van der Waals surface area contributed by atoms with E-state index in [0.29, 0.717) is 0 Å². The second-order valence-corrected chi connectivity index (χ2v) is 3.90. The Morgan fingerprint density at radius 3 is 2.93 bits per heavy atom. The van der Waals surface area contributed by atoms with Gasteiger partial charge in [0.05, 0.1) is 12.3 Å². The number of hydrogen-bond donors (Lipinski definition) is 0. The van der Waals surface area contributed by atoms with Crippen LogP contribution in [0.4, 0.5) is 0 Å². The Labute approximate surface area is 85.1 Å². The second kappa shape index (κ2) is 4.13. The summed E-state index contributed by atoms with van der Waals surface area (Å²) in [6.07, 6.45) is 4.97. The van der Waals surface area contributed by atoms with Crippen LogP contribution in [0.15, 0.2) is 0 Å². The molecule has 14 heavy (non-hydrogen) atoms. The van der Waals surface area contributed by atoms with E-state index in [-0.39, 0.29) is 0 Å². The summed E-state index contributed by atoms with van der Waals surface area (Å²) in [5.74, 6) is 1.15. The first-order valence-electron chi connectivity index (χ1n) is 5.36. The Morgan fingerprint density at radius 2 is 2.14 bits per heavy atom. The van der Waals surface area contributed by atoms with E-state index >= 15 is 0 Å². The number of nitrogens with zero attached hydrogens (tertiary/aromatic N) is 2. The van der Waals surface area contributed by atoms with Gasteiger partial charge in [0.2, 0.25) is 0 Å². The molecular formula is C11H18N2O. The molecule has 0 aliphatic heterocycles. The van der Waals surface area contributed by atoms with Gasteiger partial charge in [0.1, 0.15) is 5.82 Å². The zero-order chi connectivity index (χ0) is 9.97. The van der Waals surface area contributed by atoms with E-state index < -0.39 is 0 Å². The summed E-state index contributed by atoms with van der Waals surface area (Å²) >= 11 is 0. The van der Waals surface area contributed by atoms with Crippen molar-refractivity contribution in [3.8, 4) is 0 Å². The topological polar surface area (TPSA) is 27.1 Å². The Morgan fingerprint density at radius 1 is 1.36 bits per heavy atom. The Bertz CT molecular complexity index is 317. The molecule has 0 atom stereocenters. The molecule has 1 aliphatic rings. The van der Waals surface area contributed by atoms with Crippen LogP contribution < -0.4 is 0 Å². The fourth-order valence-corrected chi connectivity index (χ4v) is 2.21. The van der Waals surface area contributed by atoms with E-state index in [1.54, 1.807) is 7.11 Å². The highest BCUT2D eigenvalue weighted by molar-refractivity contribution is 5.19. The Kier molecular flexibility index (Phi) is 2.87. The number of methoxy groups -OCH3 is 1. The molecule has 0 bridgehead atoms. The predicted molar refractivity (Wildman–Crippen MR) is 55.5 cm³/mol. The predicted octanol–water partition coefficient (Wildman–Crippen LogP) is 1.72. The van der Waals surface area contributed by atoms with Crippen LogP contribution in [0.3, 0.4) is 0 Å². The van der Waals surface area contributed by atoms with Gasteiger partial charge in [-0.05, 0) is 32.6 Å². The third-order valence-electron chi connectivity index (χ3n) is 2.94. The largest absolute Gasteiger partial charge is 0.383 e. The standard InChI is InChI=1S/C11H18N2O/c1-9-12-10-5-3-4-6-11(10)13(9)7-8-14-2/h3-8H2,1-2H3. The number of aromatic nitrogens is 2. The highest BCUT2D eigenvalue weighted by atomic mass is 16.5. The molecule has 0 aromatic carbocycles. The van der Waals surface area contributed by atoms with Crippen LogP contribution in [0.2, 0.25) is 0 Å². The first-order chi connectivity index (χ1) is 6.83. The molecule has 0 N–H and O–H groups in total. The molecule has 0 amide bonds. The molecule has 0 spiro atoms. The van der Waals surface area contributed by atoms with Crippen molar-refractivity contribution in [2.45, 2.75) is 39.2 Å². The third-order valence-corrected chi connectivity index (χ3v) is 2.94. The Hall–Kier alpha value is -0.830. The molecule has 1 aliphatic carbocycles. The summed E-state index contributed by atoms with van der Waals surface area (Å²) in [6.45, 7) is 3.82. The van der Waals surface area contributed by atoms with Crippen LogP contribution in [0, 0.1) is 6.92 Å². The van der Waals surface area contributed by atoms with E-state index in [1.165, 1.54) is 30.7 Å². The second-order valence-electron chi connectivity index (χ2n) is 3.90. The average molecular weight is 194 g/mol. The van der Waals surface area contributed by atoms with E-state index in [9.17, 15) is 0 Å². The van der Waals surface area contributed by atoms with Gasteiger partial charge in [-0.3, -0.25) is 0 Å². The van der Waals surface area contributed by atoms with Gasteiger partial charge in [0.15, 0.2) is 0 Å². The van der Waals surface area contributed by atoms with Crippen molar-refractivity contribution in [2.24, 2.45) is 0 Å². The highest BCUT2D eigenvalue weighted by Crippen LogP contribution is 2.21. The van der Waals surface area contributed by atoms with Crippen LogP contribution >= 0.6 is 0 Å². The average Bonchev–Trinajstić information content (AvgIpc) is 2.51. The van der Waals surface area contributed by atoms with E-state index in [2.05, 4.69) is 16.5 Å². The maximum atomic E-state index is 5.11. The number of hydrogen-bond acceptors (Lipinski definition) is 2. The normalized spacial score (nSPS) is 15.6. The molecule has 1 heterocycles. The number of imidazole rings is 1. The number of rotatable bonds is 3.